The van der Waals surface area contributed by atoms with Gasteiger partial charge in [-0.05, 0) is 12.1 Å². The zero-order valence-corrected chi connectivity index (χ0v) is 12.8. The van der Waals surface area contributed by atoms with E-state index in [1.807, 2.05) is 12.1 Å². The van der Waals surface area contributed by atoms with Gasteiger partial charge in [0, 0.05) is 29.9 Å². The van der Waals surface area contributed by atoms with Gasteiger partial charge in [-0.25, -0.2) is 4.98 Å². The van der Waals surface area contributed by atoms with E-state index in [1.54, 1.807) is 17.2 Å². The molecule has 2 aliphatic heterocycles. The first-order chi connectivity index (χ1) is 10.8. The van der Waals surface area contributed by atoms with E-state index in [4.69, 9.17) is 9.15 Å². The highest BCUT2D eigenvalue weighted by Crippen LogP contribution is 2.31. The zero-order valence-electron chi connectivity index (χ0n) is 12.0. The highest BCUT2D eigenvalue weighted by atomic mass is 32.1. The number of hydrogen-bond donors (Lipinski definition) is 1. The van der Waals surface area contributed by atoms with Crippen molar-refractivity contribution in [3.8, 4) is 0 Å². The molecule has 0 bridgehead atoms. The van der Waals surface area contributed by atoms with Gasteiger partial charge in [0.1, 0.15) is 11.5 Å². The lowest BCUT2D eigenvalue weighted by molar-refractivity contribution is 0.0910. The summed E-state index contributed by atoms with van der Waals surface area (Å²) in [7, 11) is 0. The molecule has 2 aromatic heterocycles. The van der Waals surface area contributed by atoms with Crippen LogP contribution >= 0.6 is 11.3 Å². The van der Waals surface area contributed by atoms with Crippen molar-refractivity contribution >= 4 is 17.2 Å². The zero-order chi connectivity index (χ0) is 14.9. The molecule has 0 aliphatic carbocycles. The number of ether oxygens (including phenoxy) is 1. The van der Waals surface area contributed by atoms with Crippen LogP contribution in [-0.2, 0) is 11.3 Å². The number of carbonyl (C=O) groups is 1. The van der Waals surface area contributed by atoms with Gasteiger partial charge in [-0.1, -0.05) is 0 Å². The Morgan fingerprint density at radius 2 is 2.45 bits per heavy atom. The van der Waals surface area contributed by atoms with Gasteiger partial charge in [0.05, 0.1) is 31.5 Å². The van der Waals surface area contributed by atoms with Gasteiger partial charge in [-0.3, -0.25) is 9.69 Å². The van der Waals surface area contributed by atoms with E-state index >= 15 is 0 Å². The third kappa shape index (κ3) is 2.55. The molecule has 0 aromatic carbocycles. The molecule has 1 N–H and O–H groups in total. The molecule has 22 heavy (non-hydrogen) atoms. The third-order valence-electron chi connectivity index (χ3n) is 4.43. The maximum absolute atomic E-state index is 12.2. The number of furan rings is 1. The number of carbonyl (C=O) groups excluding carboxylic acids is 1. The fourth-order valence-corrected chi connectivity index (χ4v) is 3.88. The van der Waals surface area contributed by atoms with Gasteiger partial charge in [0.2, 0.25) is 0 Å². The van der Waals surface area contributed by atoms with Crippen molar-refractivity contribution in [1.82, 2.24) is 15.2 Å². The number of rotatable bonds is 4. The Kier molecular flexibility index (Phi) is 3.69. The summed E-state index contributed by atoms with van der Waals surface area (Å²) >= 11 is 1.43. The van der Waals surface area contributed by atoms with E-state index < -0.39 is 0 Å². The van der Waals surface area contributed by atoms with Crippen LogP contribution < -0.4 is 5.32 Å². The van der Waals surface area contributed by atoms with Gasteiger partial charge in [0.25, 0.3) is 5.91 Å². The second-order valence-electron chi connectivity index (χ2n) is 5.73. The molecule has 0 saturated carbocycles. The second-order valence-corrected chi connectivity index (χ2v) is 6.45. The summed E-state index contributed by atoms with van der Waals surface area (Å²) < 4.78 is 11.1. The summed E-state index contributed by atoms with van der Waals surface area (Å²) in [6.45, 7) is 2.98. The standard InChI is InChI=1S/C15H17N3O3S/c19-15(13-8-22-9-16-13)17-12-5-18(4-10-2-1-3-21-10)14-7-20-6-11(12)14/h1-3,8-9,11-12,14H,4-7H2,(H,17,19)/t11-,12-,14-/m1/s1. The summed E-state index contributed by atoms with van der Waals surface area (Å²) in [5.41, 5.74) is 2.17. The predicted octanol–water partition coefficient (Wildman–Crippen LogP) is 1.37. The first kappa shape index (κ1) is 13.9. The van der Waals surface area contributed by atoms with Gasteiger partial charge in [-0.15, -0.1) is 11.3 Å². The third-order valence-corrected chi connectivity index (χ3v) is 5.02. The number of fused-ring (bicyclic) bond motifs is 1. The summed E-state index contributed by atoms with van der Waals surface area (Å²) in [5.74, 6) is 1.17. The van der Waals surface area contributed by atoms with Crippen LogP contribution in [0.5, 0.6) is 0 Å². The molecule has 1 amide bonds. The van der Waals surface area contributed by atoms with E-state index in [1.165, 1.54) is 11.3 Å². The Labute approximate surface area is 132 Å². The number of nitrogens with one attached hydrogen (secondary N) is 1. The minimum absolute atomic E-state index is 0.0941. The molecule has 4 heterocycles. The topological polar surface area (TPSA) is 67.6 Å². The SMILES string of the molecule is O=C(N[C@@H]1CN(Cc2ccco2)[C@@H]2COC[C@@H]21)c1cscn1. The molecule has 0 spiro atoms. The smallest absolute Gasteiger partial charge is 0.271 e. The Hall–Kier alpha value is -1.70. The molecule has 4 rings (SSSR count). The molecule has 2 saturated heterocycles. The van der Waals surface area contributed by atoms with Gasteiger partial charge >= 0.3 is 0 Å². The number of hydrogen-bond acceptors (Lipinski definition) is 6. The van der Waals surface area contributed by atoms with E-state index in [9.17, 15) is 4.79 Å². The lowest BCUT2D eigenvalue weighted by atomic mass is 10.00. The van der Waals surface area contributed by atoms with Crippen LogP contribution in [0.2, 0.25) is 0 Å². The monoisotopic (exact) mass is 319 g/mol. The fourth-order valence-electron chi connectivity index (χ4n) is 3.35. The highest BCUT2D eigenvalue weighted by molar-refractivity contribution is 7.07. The van der Waals surface area contributed by atoms with Gasteiger partial charge < -0.3 is 14.5 Å². The lowest BCUT2D eigenvalue weighted by Gasteiger charge is -2.20. The largest absolute Gasteiger partial charge is 0.468 e. The quantitative estimate of drug-likeness (QED) is 0.922. The van der Waals surface area contributed by atoms with Crippen LogP contribution in [0.15, 0.2) is 33.7 Å². The van der Waals surface area contributed by atoms with Gasteiger partial charge in [0.15, 0.2) is 0 Å². The number of thiazole rings is 1. The highest BCUT2D eigenvalue weighted by Gasteiger charge is 2.46. The van der Waals surface area contributed by atoms with Crippen LogP contribution in [0.25, 0.3) is 0 Å². The van der Waals surface area contributed by atoms with E-state index in [-0.39, 0.29) is 11.9 Å². The number of amides is 1. The molecule has 6 nitrogen and oxygen atoms in total. The fraction of sp³-hybridized carbons (Fsp3) is 0.467. The van der Waals surface area contributed by atoms with Crippen LogP contribution in [0.4, 0.5) is 0 Å². The molecular formula is C15H17N3O3S. The first-order valence-corrected chi connectivity index (χ1v) is 8.29. The Bertz CT molecular complexity index is 629. The van der Waals surface area contributed by atoms with Crippen molar-refractivity contribution in [2.75, 3.05) is 19.8 Å². The Morgan fingerprint density at radius 1 is 1.50 bits per heavy atom. The van der Waals surface area contributed by atoms with Crippen molar-refractivity contribution < 1.29 is 13.9 Å². The van der Waals surface area contributed by atoms with E-state index in [2.05, 4.69) is 15.2 Å². The summed E-state index contributed by atoms with van der Waals surface area (Å²) in [6, 6.07) is 4.31. The van der Waals surface area contributed by atoms with Crippen molar-refractivity contribution in [2.45, 2.75) is 18.6 Å². The molecule has 7 heteroatoms. The molecule has 0 unspecified atom stereocenters. The van der Waals surface area contributed by atoms with Crippen LogP contribution in [0, 0.1) is 5.92 Å². The Morgan fingerprint density at radius 3 is 3.23 bits per heavy atom. The van der Waals surface area contributed by atoms with Crippen molar-refractivity contribution in [2.24, 2.45) is 5.92 Å². The molecular weight excluding hydrogens is 302 g/mol. The molecule has 0 radical (unpaired) electrons. The number of aromatic nitrogens is 1. The number of nitrogens with zero attached hydrogens (tertiary/aromatic N) is 2. The summed E-state index contributed by atoms with van der Waals surface area (Å²) in [4.78, 5) is 18.6. The minimum atomic E-state index is -0.100. The summed E-state index contributed by atoms with van der Waals surface area (Å²) in [5, 5.41) is 4.89. The first-order valence-electron chi connectivity index (χ1n) is 7.34. The average molecular weight is 319 g/mol. The van der Waals surface area contributed by atoms with Crippen molar-refractivity contribution in [1.29, 1.82) is 0 Å². The minimum Gasteiger partial charge on any atom is -0.468 e. The molecule has 2 aromatic rings. The lowest BCUT2D eigenvalue weighted by Crippen LogP contribution is -2.41. The molecule has 2 fully saturated rings. The maximum Gasteiger partial charge on any atom is 0.271 e. The van der Waals surface area contributed by atoms with Crippen molar-refractivity contribution in [3.05, 3.63) is 40.7 Å². The predicted molar refractivity (Wildman–Crippen MR) is 80.6 cm³/mol. The normalized spacial score (nSPS) is 27.9. The number of likely N-dealkylation sites (tertiary alicyclic amines) is 1. The molecule has 2 aliphatic rings. The Balaban J connectivity index is 1.45. The van der Waals surface area contributed by atoms with Gasteiger partial charge in [-0.2, -0.15) is 0 Å². The average Bonchev–Trinajstić information content (AvgIpc) is 3.27. The maximum atomic E-state index is 12.2. The van der Waals surface area contributed by atoms with E-state index in [0.717, 1.165) is 18.8 Å². The summed E-state index contributed by atoms with van der Waals surface area (Å²) in [6.07, 6.45) is 1.69. The second kappa shape index (κ2) is 5.83. The molecule has 3 atom stereocenters. The van der Waals surface area contributed by atoms with Crippen LogP contribution in [-0.4, -0.2) is 47.6 Å². The van der Waals surface area contributed by atoms with Crippen LogP contribution in [0.3, 0.4) is 0 Å². The van der Waals surface area contributed by atoms with Crippen LogP contribution in [0.1, 0.15) is 16.2 Å². The van der Waals surface area contributed by atoms with E-state index in [0.29, 0.717) is 30.9 Å². The molecule has 116 valence electrons. The van der Waals surface area contributed by atoms with Crippen molar-refractivity contribution in [3.63, 3.8) is 0 Å².